The van der Waals surface area contributed by atoms with Crippen LogP contribution in [0.2, 0.25) is 0 Å². The molecule has 3 atom stereocenters. The van der Waals surface area contributed by atoms with E-state index in [2.05, 4.69) is 15.6 Å². The quantitative estimate of drug-likeness (QED) is 0.292. The van der Waals surface area contributed by atoms with Crippen LogP contribution in [0.5, 0.6) is 0 Å². The van der Waals surface area contributed by atoms with Crippen molar-refractivity contribution >= 4 is 29.1 Å². The molecule has 3 rings (SSSR count). The van der Waals surface area contributed by atoms with Gasteiger partial charge in [0, 0.05) is 23.1 Å². The molecule has 2 aromatic carbocycles. The van der Waals surface area contributed by atoms with Gasteiger partial charge >= 0.3 is 6.18 Å². The monoisotopic (exact) mass is 532 g/mol. The van der Waals surface area contributed by atoms with Gasteiger partial charge in [0.25, 0.3) is 5.91 Å². The summed E-state index contributed by atoms with van der Waals surface area (Å²) in [6, 6.07) is 10.00. The van der Waals surface area contributed by atoms with Gasteiger partial charge in [-0.25, -0.2) is 9.38 Å². The number of hydrogen-bond acceptors (Lipinski definition) is 5. The number of hydrogen-bond donors (Lipinski definition) is 4. The van der Waals surface area contributed by atoms with Crippen molar-refractivity contribution < 1.29 is 37.1 Å². The Labute approximate surface area is 215 Å². The van der Waals surface area contributed by atoms with Crippen LogP contribution in [0.25, 0.3) is 0 Å². The summed E-state index contributed by atoms with van der Waals surface area (Å²) in [6.07, 6.45) is -2.99. The Balaban J connectivity index is 2.01. The lowest BCUT2D eigenvalue weighted by Crippen LogP contribution is -2.47. The molecule has 0 fully saturated rings. The molecule has 0 saturated heterocycles. The van der Waals surface area contributed by atoms with Gasteiger partial charge in [-0.1, -0.05) is 36.3 Å². The molecule has 2 aromatic rings. The molecular weight excluding hydrogens is 508 g/mol. The van der Waals surface area contributed by atoms with Crippen LogP contribution in [-0.2, 0) is 21.0 Å². The first kappa shape index (κ1) is 28.3. The minimum absolute atomic E-state index is 0.0930. The maximum absolute atomic E-state index is 14.1. The van der Waals surface area contributed by atoms with Crippen molar-refractivity contribution in [3.05, 3.63) is 65.0 Å². The van der Waals surface area contributed by atoms with E-state index < -0.39 is 73.6 Å². The number of benzodiazepines with no additional fused rings is 1. The van der Waals surface area contributed by atoms with E-state index >= 15 is 0 Å². The maximum Gasteiger partial charge on any atom is 0.389 e. The number of amides is 3. The highest BCUT2D eigenvalue weighted by Gasteiger charge is 2.36. The predicted octanol–water partition coefficient (Wildman–Crippen LogP) is 2.63. The van der Waals surface area contributed by atoms with E-state index in [1.807, 2.05) is 5.92 Å². The van der Waals surface area contributed by atoms with E-state index in [0.29, 0.717) is 11.1 Å². The number of carbonyl (C=O) groups is 3. The van der Waals surface area contributed by atoms with Crippen LogP contribution >= 0.6 is 0 Å². The molecule has 5 N–H and O–H groups in total. The molecule has 3 amide bonds. The predicted molar refractivity (Wildman–Crippen MR) is 130 cm³/mol. The normalized spacial score (nSPS) is 16.7. The van der Waals surface area contributed by atoms with Gasteiger partial charge in [0.2, 0.25) is 18.0 Å². The molecule has 0 spiro atoms. The van der Waals surface area contributed by atoms with Crippen LogP contribution in [0.15, 0.2) is 47.5 Å². The number of nitrogens with one attached hydrogen (secondary N) is 2. The Kier molecular flexibility index (Phi) is 8.85. The number of primary amides is 1. The van der Waals surface area contributed by atoms with Crippen molar-refractivity contribution in [2.24, 2.45) is 22.6 Å². The zero-order chi connectivity index (χ0) is 28.0. The number of nitrogens with zero attached hydrogens (tertiary/aromatic N) is 1. The number of anilines is 1. The number of aliphatic imine (C=N–C) groups is 1. The Morgan fingerprint density at radius 1 is 1.24 bits per heavy atom. The van der Waals surface area contributed by atoms with Gasteiger partial charge < -0.3 is 21.5 Å². The zero-order valence-electron chi connectivity index (χ0n) is 19.9. The van der Waals surface area contributed by atoms with Crippen molar-refractivity contribution in [1.29, 1.82) is 0 Å². The first-order chi connectivity index (χ1) is 17.9. The van der Waals surface area contributed by atoms with Gasteiger partial charge in [-0.05, 0) is 25.0 Å². The third-order valence-electron chi connectivity index (χ3n) is 5.91. The van der Waals surface area contributed by atoms with Gasteiger partial charge in [0.05, 0.1) is 23.9 Å². The molecule has 0 aromatic heterocycles. The first-order valence-corrected chi connectivity index (χ1v) is 11.5. The number of nitrogens with two attached hydrogens (primary N) is 1. The molecule has 200 valence electrons. The van der Waals surface area contributed by atoms with Crippen LogP contribution < -0.4 is 16.4 Å². The Bertz CT molecular complexity index is 1300. The average molecular weight is 532 g/mol. The topological polar surface area (TPSA) is 134 Å². The van der Waals surface area contributed by atoms with Crippen LogP contribution in [-0.4, -0.2) is 40.9 Å². The second-order valence-corrected chi connectivity index (χ2v) is 8.55. The summed E-state index contributed by atoms with van der Waals surface area (Å²) in [5.74, 6) is -4.52. The first-order valence-electron chi connectivity index (χ1n) is 11.5. The largest absolute Gasteiger partial charge is 0.392 e. The average Bonchev–Trinajstić information content (AvgIpc) is 2.98. The number of benzene rings is 2. The summed E-state index contributed by atoms with van der Waals surface area (Å²) in [7, 11) is 0. The summed E-state index contributed by atoms with van der Waals surface area (Å²) >= 11 is 0. The molecule has 8 nitrogen and oxygen atoms in total. The highest BCUT2D eigenvalue weighted by Crippen LogP contribution is 2.29. The molecule has 0 saturated carbocycles. The fourth-order valence-corrected chi connectivity index (χ4v) is 4.10. The molecule has 12 heteroatoms. The lowest BCUT2D eigenvalue weighted by molar-refractivity contribution is -0.139. The third kappa shape index (κ3) is 6.74. The fraction of sp³-hybridized carbons (Fsp3) is 0.308. The van der Waals surface area contributed by atoms with E-state index in [-0.39, 0.29) is 17.0 Å². The molecule has 0 radical (unpaired) electrons. The van der Waals surface area contributed by atoms with E-state index in [9.17, 15) is 37.1 Å². The van der Waals surface area contributed by atoms with Gasteiger partial charge in [-0.2, -0.15) is 13.2 Å². The van der Waals surface area contributed by atoms with Crippen molar-refractivity contribution in [3.8, 4) is 12.3 Å². The van der Waals surface area contributed by atoms with Crippen LogP contribution in [0.3, 0.4) is 0 Å². The fourth-order valence-electron chi connectivity index (χ4n) is 4.10. The van der Waals surface area contributed by atoms with E-state index in [1.54, 1.807) is 18.2 Å². The van der Waals surface area contributed by atoms with Crippen molar-refractivity contribution in [1.82, 2.24) is 5.32 Å². The van der Waals surface area contributed by atoms with E-state index in [0.717, 1.165) is 6.07 Å². The van der Waals surface area contributed by atoms with Crippen LogP contribution in [0.4, 0.5) is 23.2 Å². The van der Waals surface area contributed by atoms with Crippen LogP contribution in [0, 0.1) is 30.0 Å². The van der Waals surface area contributed by atoms with Crippen molar-refractivity contribution in [3.63, 3.8) is 0 Å². The lowest BCUT2D eigenvalue weighted by Gasteiger charge is -2.23. The molecule has 38 heavy (non-hydrogen) atoms. The number of aliphatic hydroxyl groups is 1. The number of terminal acetylenes is 1. The Morgan fingerprint density at radius 2 is 1.95 bits per heavy atom. The summed E-state index contributed by atoms with van der Waals surface area (Å²) < 4.78 is 52.1. The molecule has 1 heterocycles. The number of aliphatic hydroxyl groups excluding tert-OH is 1. The molecule has 3 unspecified atom stereocenters. The second-order valence-electron chi connectivity index (χ2n) is 8.55. The molecule has 0 aliphatic carbocycles. The smallest absolute Gasteiger partial charge is 0.389 e. The van der Waals surface area contributed by atoms with Crippen molar-refractivity contribution in [2.45, 2.75) is 38.2 Å². The number of fused-ring (bicyclic) bond motifs is 1. The van der Waals surface area contributed by atoms with E-state index in [4.69, 9.17) is 12.2 Å². The minimum atomic E-state index is -4.50. The van der Waals surface area contributed by atoms with Gasteiger partial charge in [-0.3, -0.25) is 14.4 Å². The summed E-state index contributed by atoms with van der Waals surface area (Å²) in [5.41, 5.74) is 6.45. The third-order valence-corrected chi connectivity index (χ3v) is 5.91. The van der Waals surface area contributed by atoms with Crippen LogP contribution in [0.1, 0.15) is 36.0 Å². The number of halogens is 4. The summed E-state index contributed by atoms with van der Waals surface area (Å²) in [6.45, 7) is -0.458. The number of alkyl halides is 3. The molecular formula is C26H24F4N4O4. The highest BCUT2D eigenvalue weighted by atomic mass is 19.4. The minimum Gasteiger partial charge on any atom is -0.392 e. The summed E-state index contributed by atoms with van der Waals surface area (Å²) in [5, 5.41) is 14.7. The van der Waals surface area contributed by atoms with Gasteiger partial charge in [-0.15, -0.1) is 6.42 Å². The maximum atomic E-state index is 14.1. The number of carbonyl (C=O) groups excluding carboxylic acids is 3. The molecule has 1 aliphatic heterocycles. The Morgan fingerprint density at radius 3 is 2.55 bits per heavy atom. The molecule has 0 bridgehead atoms. The van der Waals surface area contributed by atoms with E-state index in [1.165, 1.54) is 18.2 Å². The Hall–Kier alpha value is -4.24. The lowest BCUT2D eigenvalue weighted by atomic mass is 9.86. The second kappa shape index (κ2) is 11.9. The van der Waals surface area contributed by atoms with Gasteiger partial charge in [0.15, 0.2) is 0 Å². The van der Waals surface area contributed by atoms with Gasteiger partial charge in [0.1, 0.15) is 11.7 Å². The number of para-hydroxylation sites is 1. The standard InChI is InChI=1S/C26H24F4N4O4/c1-2-17(22(31)36)18(10-5-11-26(28,29)30)24(37)34-23-25(38)33-21-15(13-35)7-4-9-19(21)20(32-23)14-6-3-8-16(27)12-14/h1,3-4,6-9,12,17-18,23,35H,5,10-11,13H2,(H2,31,36)(H,33,38)(H,34,37). The zero-order valence-corrected chi connectivity index (χ0v) is 19.9. The number of rotatable bonds is 9. The SMILES string of the molecule is C#CC(C(N)=O)C(CCCC(F)(F)F)C(=O)NC1N=C(c2cccc(F)c2)c2cccc(CO)c2NC1=O. The molecule has 1 aliphatic rings. The highest BCUT2D eigenvalue weighted by molar-refractivity contribution is 6.20. The van der Waals surface area contributed by atoms with Crippen molar-refractivity contribution in [2.75, 3.05) is 5.32 Å². The summed E-state index contributed by atoms with van der Waals surface area (Å²) in [4.78, 5) is 42.5.